The van der Waals surface area contributed by atoms with Crippen molar-refractivity contribution >= 4 is 53.5 Å². The highest BCUT2D eigenvalue weighted by molar-refractivity contribution is 6.36. The number of carbonyl (C=O) groups excluding carboxylic acids is 1. The number of benzene rings is 2. The van der Waals surface area contributed by atoms with Crippen LogP contribution in [0.4, 0.5) is 0 Å². The predicted octanol–water partition coefficient (Wildman–Crippen LogP) is 4.33. The van der Waals surface area contributed by atoms with E-state index in [1.54, 1.807) is 11.0 Å². The van der Waals surface area contributed by atoms with E-state index in [-0.39, 0.29) is 70.2 Å². The van der Waals surface area contributed by atoms with Crippen molar-refractivity contribution in [3.63, 3.8) is 0 Å². The van der Waals surface area contributed by atoms with E-state index in [0.29, 0.717) is 44.7 Å². The average Bonchev–Trinajstić information content (AvgIpc) is 2.95. The number of aliphatic hydroxyl groups excluding tert-OH is 1. The number of dihydropyridines is 1. The van der Waals surface area contributed by atoms with Gasteiger partial charge in [-0.1, -0.05) is 59.6 Å². The Labute approximate surface area is 260 Å². The fourth-order valence-electron chi connectivity index (χ4n) is 5.42. The standard InChI is InChI=1S/C30H33Cl2N3O6.ClH/c31-20-8-4-9-21(32)25(20)28-26(29(38)39)22(11-10-19-6-2-1-3-7-19)33-23(27(28)30(40)41)18-24(37)35-15-13-34(14-16-35)12-5-17-36;/h1-4,6-9,28,33,36H,5,10-18H2,(H,38,39)(H,40,41);1H. The predicted molar refractivity (Wildman–Crippen MR) is 163 cm³/mol. The van der Waals surface area contributed by atoms with Crippen molar-refractivity contribution < 1.29 is 29.7 Å². The molecule has 4 N–H and O–H groups in total. The minimum Gasteiger partial charge on any atom is -0.478 e. The van der Waals surface area contributed by atoms with Crippen molar-refractivity contribution in [2.75, 3.05) is 39.3 Å². The van der Waals surface area contributed by atoms with E-state index >= 15 is 0 Å². The molecule has 1 amide bonds. The van der Waals surface area contributed by atoms with Gasteiger partial charge in [-0.25, -0.2) is 9.59 Å². The van der Waals surface area contributed by atoms with Crippen molar-refractivity contribution in [1.29, 1.82) is 0 Å². The molecule has 0 aliphatic carbocycles. The average molecular weight is 639 g/mol. The number of nitrogens with one attached hydrogen (secondary N) is 1. The fraction of sp³-hybridized carbons (Fsp3) is 0.367. The highest BCUT2D eigenvalue weighted by Crippen LogP contribution is 2.45. The quantitative estimate of drug-likeness (QED) is 0.286. The van der Waals surface area contributed by atoms with Gasteiger partial charge in [0.1, 0.15) is 0 Å². The second kappa shape index (κ2) is 15.4. The zero-order valence-electron chi connectivity index (χ0n) is 22.9. The third-order valence-corrected chi connectivity index (χ3v) is 8.13. The molecule has 12 heteroatoms. The van der Waals surface area contributed by atoms with Crippen LogP contribution in [0.3, 0.4) is 0 Å². The lowest BCUT2D eigenvalue weighted by molar-refractivity contribution is -0.133. The van der Waals surface area contributed by atoms with E-state index in [1.165, 1.54) is 12.1 Å². The van der Waals surface area contributed by atoms with Gasteiger partial charge in [-0.15, -0.1) is 12.4 Å². The number of carbonyl (C=O) groups is 3. The van der Waals surface area contributed by atoms with Crippen molar-refractivity contribution in [1.82, 2.24) is 15.1 Å². The molecule has 1 saturated heterocycles. The Morgan fingerprint density at radius 2 is 1.43 bits per heavy atom. The van der Waals surface area contributed by atoms with Gasteiger partial charge < -0.3 is 25.5 Å². The molecule has 1 atom stereocenters. The minimum absolute atomic E-state index is 0. The molecule has 4 rings (SSSR count). The summed E-state index contributed by atoms with van der Waals surface area (Å²) >= 11 is 13.0. The largest absolute Gasteiger partial charge is 0.478 e. The highest BCUT2D eigenvalue weighted by atomic mass is 35.5. The van der Waals surface area contributed by atoms with Crippen LogP contribution in [0.5, 0.6) is 0 Å². The molecule has 0 spiro atoms. The lowest BCUT2D eigenvalue weighted by Gasteiger charge is -2.36. The van der Waals surface area contributed by atoms with Gasteiger partial charge in [-0.3, -0.25) is 9.69 Å². The van der Waals surface area contributed by atoms with Gasteiger partial charge in [0.15, 0.2) is 0 Å². The summed E-state index contributed by atoms with van der Waals surface area (Å²) in [5.41, 5.74) is 1.15. The van der Waals surface area contributed by atoms with Crippen molar-refractivity contribution in [2.24, 2.45) is 0 Å². The molecule has 2 aromatic rings. The SMILES string of the molecule is Cl.O=C(O)C1=C(CCc2ccccc2)NC(CC(=O)N2CCN(CCCO)CC2)=C(C(=O)O)C1c1c(Cl)cccc1Cl. The molecule has 226 valence electrons. The number of aryl methyl sites for hydroxylation is 1. The molecule has 1 unspecified atom stereocenters. The summed E-state index contributed by atoms with van der Waals surface area (Å²) in [4.78, 5) is 42.8. The molecule has 0 saturated carbocycles. The topological polar surface area (TPSA) is 130 Å². The maximum atomic E-state index is 13.4. The number of carboxylic acid groups (broad SMARTS) is 2. The third-order valence-electron chi connectivity index (χ3n) is 7.47. The second-order valence-corrected chi connectivity index (χ2v) is 10.9. The Kier molecular flexibility index (Phi) is 12.3. The summed E-state index contributed by atoms with van der Waals surface area (Å²) in [6.45, 7) is 3.07. The number of rotatable bonds is 11. The summed E-state index contributed by atoms with van der Waals surface area (Å²) < 4.78 is 0. The Morgan fingerprint density at radius 1 is 0.833 bits per heavy atom. The van der Waals surface area contributed by atoms with Crippen LogP contribution in [0.1, 0.15) is 36.3 Å². The Morgan fingerprint density at radius 3 is 2.00 bits per heavy atom. The Balaban J connectivity index is 0.00000484. The molecule has 9 nitrogen and oxygen atoms in total. The molecule has 1 fully saturated rings. The molecule has 0 bridgehead atoms. The number of hydrogen-bond acceptors (Lipinski definition) is 6. The number of allylic oxidation sites excluding steroid dienone is 1. The van der Waals surface area contributed by atoms with Gasteiger partial charge in [-0.05, 0) is 37.0 Å². The van der Waals surface area contributed by atoms with Gasteiger partial charge in [-0.2, -0.15) is 0 Å². The second-order valence-electron chi connectivity index (χ2n) is 10.1. The summed E-state index contributed by atoms with van der Waals surface area (Å²) in [7, 11) is 0. The van der Waals surface area contributed by atoms with Crippen LogP contribution in [-0.2, 0) is 20.8 Å². The molecule has 2 aliphatic rings. The van der Waals surface area contributed by atoms with E-state index in [2.05, 4.69) is 10.2 Å². The van der Waals surface area contributed by atoms with Crippen LogP contribution < -0.4 is 5.32 Å². The van der Waals surface area contributed by atoms with Crippen LogP contribution in [-0.4, -0.2) is 82.3 Å². The number of aliphatic hydroxyl groups is 1. The summed E-state index contributed by atoms with van der Waals surface area (Å²) in [6.07, 6.45) is 1.15. The maximum Gasteiger partial charge on any atom is 0.334 e. The third kappa shape index (κ3) is 7.85. The summed E-state index contributed by atoms with van der Waals surface area (Å²) in [6, 6.07) is 14.2. The van der Waals surface area contributed by atoms with Crippen molar-refractivity contribution in [3.8, 4) is 0 Å². The summed E-state index contributed by atoms with van der Waals surface area (Å²) in [5.74, 6) is -4.23. The van der Waals surface area contributed by atoms with E-state index in [0.717, 1.165) is 12.1 Å². The van der Waals surface area contributed by atoms with Crippen LogP contribution in [0.25, 0.3) is 0 Å². The number of piperazine rings is 1. The van der Waals surface area contributed by atoms with Gasteiger partial charge in [0.05, 0.1) is 23.5 Å². The monoisotopic (exact) mass is 637 g/mol. The number of amides is 1. The van der Waals surface area contributed by atoms with Crippen molar-refractivity contribution in [2.45, 2.75) is 31.6 Å². The van der Waals surface area contributed by atoms with E-state index in [4.69, 9.17) is 28.3 Å². The van der Waals surface area contributed by atoms with Gasteiger partial charge >= 0.3 is 11.9 Å². The Hall–Kier alpha value is -3.08. The number of aliphatic carboxylic acids is 2. The molecule has 2 aliphatic heterocycles. The number of halogens is 3. The van der Waals surface area contributed by atoms with Gasteiger partial charge in [0.25, 0.3) is 0 Å². The fourth-order valence-corrected chi connectivity index (χ4v) is 6.03. The van der Waals surface area contributed by atoms with Crippen LogP contribution >= 0.6 is 35.6 Å². The molecule has 2 aromatic carbocycles. The van der Waals surface area contributed by atoms with Crippen LogP contribution in [0.15, 0.2) is 71.1 Å². The summed E-state index contributed by atoms with van der Waals surface area (Å²) in [5, 5.41) is 33.2. The zero-order valence-corrected chi connectivity index (χ0v) is 25.2. The number of hydrogen-bond donors (Lipinski definition) is 4. The number of carboxylic acids is 2. The first kappa shape index (κ1) is 33.4. The zero-order chi connectivity index (χ0) is 29.5. The highest BCUT2D eigenvalue weighted by Gasteiger charge is 2.41. The lowest BCUT2D eigenvalue weighted by Crippen LogP contribution is -2.49. The molecular formula is C30H34Cl3N3O6. The van der Waals surface area contributed by atoms with E-state index < -0.39 is 17.9 Å². The van der Waals surface area contributed by atoms with Crippen molar-refractivity contribution in [3.05, 3.63) is 92.2 Å². The number of nitrogens with zero attached hydrogens (tertiary/aromatic N) is 2. The molecule has 2 heterocycles. The van der Waals surface area contributed by atoms with Crippen LogP contribution in [0.2, 0.25) is 10.0 Å². The first-order valence-electron chi connectivity index (χ1n) is 13.5. The Bertz CT molecular complexity index is 1340. The van der Waals surface area contributed by atoms with Gasteiger partial charge in [0.2, 0.25) is 5.91 Å². The maximum absolute atomic E-state index is 13.4. The van der Waals surface area contributed by atoms with E-state index in [9.17, 15) is 24.6 Å². The first-order chi connectivity index (χ1) is 19.7. The molecule has 0 radical (unpaired) electrons. The molecule has 0 aromatic heterocycles. The minimum atomic E-state index is -1.36. The lowest BCUT2D eigenvalue weighted by atomic mass is 9.78. The van der Waals surface area contributed by atoms with E-state index in [1.807, 2.05) is 30.3 Å². The first-order valence-corrected chi connectivity index (χ1v) is 14.2. The smallest absolute Gasteiger partial charge is 0.334 e. The van der Waals surface area contributed by atoms with Gasteiger partial charge in [0, 0.05) is 66.3 Å². The molecular weight excluding hydrogens is 605 g/mol. The van der Waals surface area contributed by atoms with Crippen LogP contribution in [0, 0.1) is 0 Å². The normalized spacial score (nSPS) is 17.5. The molecule has 42 heavy (non-hydrogen) atoms.